The average Bonchev–Trinajstić information content (AvgIpc) is 2.05. The predicted molar refractivity (Wildman–Crippen MR) is 45.9 cm³/mol. The molecule has 0 nitrogen and oxygen atoms in total. The third kappa shape index (κ3) is 1.61. The summed E-state index contributed by atoms with van der Waals surface area (Å²) in [4.78, 5) is 0. The van der Waals surface area contributed by atoms with E-state index in [2.05, 4.69) is 0 Å². The lowest BCUT2D eigenvalue weighted by Gasteiger charge is -1.94. The Morgan fingerprint density at radius 1 is 1.30 bits per heavy atom. The van der Waals surface area contributed by atoms with Gasteiger partial charge in [-0.1, -0.05) is 48.0 Å². The van der Waals surface area contributed by atoms with Crippen molar-refractivity contribution < 1.29 is 0 Å². The average molecular weight is 153 g/mol. The zero-order valence-corrected chi connectivity index (χ0v) is 6.60. The van der Waals surface area contributed by atoms with Gasteiger partial charge >= 0.3 is 0 Å². The number of hydrogen-bond acceptors (Lipinski definition) is 0. The molecule has 0 saturated carbocycles. The van der Waals surface area contributed by atoms with Gasteiger partial charge in [0.1, 0.15) is 0 Å². The van der Waals surface area contributed by atoms with Gasteiger partial charge in [-0.05, 0) is 12.5 Å². The first kappa shape index (κ1) is 7.36. The van der Waals surface area contributed by atoms with Gasteiger partial charge in [-0.25, -0.2) is 0 Å². The van der Waals surface area contributed by atoms with E-state index in [0.29, 0.717) is 0 Å². The van der Waals surface area contributed by atoms with Crippen LogP contribution in [-0.4, -0.2) is 0 Å². The molecule has 52 valence electrons. The number of rotatable bonds is 1. The molecule has 1 aromatic rings. The minimum Gasteiger partial charge on any atom is -0.0840 e. The fourth-order valence-electron chi connectivity index (χ4n) is 0.764. The first-order chi connectivity index (χ1) is 4.84. The van der Waals surface area contributed by atoms with Crippen LogP contribution in [0.15, 0.2) is 36.4 Å². The Kier molecular flexibility index (Phi) is 2.52. The second-order valence-electron chi connectivity index (χ2n) is 2.00. The molecular formula is C9H9Cl. The van der Waals surface area contributed by atoms with E-state index in [9.17, 15) is 0 Å². The molecule has 0 aliphatic heterocycles. The lowest BCUT2D eigenvalue weighted by atomic mass is 10.2. The Balaban J connectivity index is 2.96. The molecule has 0 saturated heterocycles. The van der Waals surface area contributed by atoms with Crippen molar-refractivity contribution in [3.8, 4) is 0 Å². The van der Waals surface area contributed by atoms with E-state index < -0.39 is 0 Å². The standard InChI is InChI=1S/C9H9Cl/c1-2-9(10)8-6-4-3-5-7-8/h2-7H,1H3/b9-2-. The first-order valence-corrected chi connectivity index (χ1v) is 3.59. The van der Waals surface area contributed by atoms with Crippen molar-refractivity contribution in [1.82, 2.24) is 0 Å². The van der Waals surface area contributed by atoms with E-state index in [1.54, 1.807) is 0 Å². The SMILES string of the molecule is C/C=C(\Cl)c1ccccc1. The molecule has 1 aromatic carbocycles. The van der Waals surface area contributed by atoms with Crippen LogP contribution in [0.3, 0.4) is 0 Å². The maximum atomic E-state index is 5.85. The van der Waals surface area contributed by atoms with Gasteiger partial charge in [0.2, 0.25) is 0 Å². The van der Waals surface area contributed by atoms with Gasteiger partial charge in [-0.2, -0.15) is 0 Å². The van der Waals surface area contributed by atoms with Crippen LogP contribution >= 0.6 is 11.6 Å². The molecule has 0 aliphatic rings. The molecule has 0 aromatic heterocycles. The molecule has 1 rings (SSSR count). The van der Waals surface area contributed by atoms with Crippen LogP contribution in [0.4, 0.5) is 0 Å². The summed E-state index contributed by atoms with van der Waals surface area (Å²) in [5, 5.41) is 0.806. The van der Waals surface area contributed by atoms with E-state index in [-0.39, 0.29) is 0 Å². The van der Waals surface area contributed by atoms with Gasteiger partial charge < -0.3 is 0 Å². The van der Waals surface area contributed by atoms with Gasteiger partial charge in [-0.15, -0.1) is 0 Å². The maximum Gasteiger partial charge on any atom is 0.0435 e. The summed E-state index contributed by atoms with van der Waals surface area (Å²) in [7, 11) is 0. The van der Waals surface area contributed by atoms with E-state index in [0.717, 1.165) is 10.6 Å². The van der Waals surface area contributed by atoms with Crippen molar-refractivity contribution in [3.05, 3.63) is 42.0 Å². The van der Waals surface area contributed by atoms with Crippen LogP contribution in [-0.2, 0) is 0 Å². The first-order valence-electron chi connectivity index (χ1n) is 3.22. The third-order valence-corrected chi connectivity index (χ3v) is 1.74. The van der Waals surface area contributed by atoms with E-state index in [1.165, 1.54) is 0 Å². The fourth-order valence-corrected chi connectivity index (χ4v) is 0.890. The quantitative estimate of drug-likeness (QED) is 0.580. The molecule has 0 bridgehead atoms. The van der Waals surface area contributed by atoms with Crippen molar-refractivity contribution in [2.75, 3.05) is 0 Å². The summed E-state index contributed by atoms with van der Waals surface area (Å²) in [5.74, 6) is 0. The van der Waals surface area contributed by atoms with Gasteiger partial charge in [0.05, 0.1) is 0 Å². The topological polar surface area (TPSA) is 0 Å². The van der Waals surface area contributed by atoms with Crippen molar-refractivity contribution in [2.24, 2.45) is 0 Å². The van der Waals surface area contributed by atoms with Crippen LogP contribution in [0, 0.1) is 0 Å². The highest BCUT2D eigenvalue weighted by molar-refractivity contribution is 6.48. The minimum atomic E-state index is 0.806. The molecule has 0 atom stereocenters. The molecule has 0 radical (unpaired) electrons. The molecule has 0 fully saturated rings. The second-order valence-corrected chi connectivity index (χ2v) is 2.41. The number of halogens is 1. The van der Waals surface area contributed by atoms with E-state index in [1.807, 2.05) is 43.3 Å². The second kappa shape index (κ2) is 3.43. The Hall–Kier alpha value is -0.750. The monoisotopic (exact) mass is 152 g/mol. The van der Waals surface area contributed by atoms with Crippen molar-refractivity contribution in [3.63, 3.8) is 0 Å². The summed E-state index contributed by atoms with van der Waals surface area (Å²) < 4.78 is 0. The molecule has 0 N–H and O–H groups in total. The fraction of sp³-hybridized carbons (Fsp3) is 0.111. The highest BCUT2D eigenvalue weighted by atomic mass is 35.5. The minimum absolute atomic E-state index is 0.806. The third-order valence-electron chi connectivity index (χ3n) is 1.30. The highest BCUT2D eigenvalue weighted by Crippen LogP contribution is 2.16. The number of allylic oxidation sites excluding steroid dienone is 1. The highest BCUT2D eigenvalue weighted by Gasteiger charge is 1.91. The van der Waals surface area contributed by atoms with Crippen LogP contribution in [0.2, 0.25) is 0 Å². The van der Waals surface area contributed by atoms with Crippen molar-refractivity contribution >= 4 is 16.6 Å². The summed E-state index contributed by atoms with van der Waals surface area (Å²) in [6.07, 6.45) is 1.89. The molecule has 10 heavy (non-hydrogen) atoms. The molecule has 0 spiro atoms. The Bertz CT molecular complexity index is 224. The largest absolute Gasteiger partial charge is 0.0840 e. The van der Waals surface area contributed by atoms with Gasteiger partial charge in [-0.3, -0.25) is 0 Å². The maximum absolute atomic E-state index is 5.85. The van der Waals surface area contributed by atoms with E-state index in [4.69, 9.17) is 11.6 Å². The molecular weight excluding hydrogens is 144 g/mol. The Morgan fingerprint density at radius 3 is 2.40 bits per heavy atom. The molecule has 0 aliphatic carbocycles. The normalized spacial score (nSPS) is 11.6. The van der Waals surface area contributed by atoms with Crippen LogP contribution in [0.5, 0.6) is 0 Å². The molecule has 0 unspecified atom stereocenters. The molecule has 0 amide bonds. The molecule has 1 heteroatoms. The predicted octanol–water partition coefficient (Wildman–Crippen LogP) is 3.29. The Morgan fingerprint density at radius 2 is 1.90 bits per heavy atom. The molecule has 0 heterocycles. The summed E-state index contributed by atoms with van der Waals surface area (Å²) in [6.45, 7) is 1.93. The summed E-state index contributed by atoms with van der Waals surface area (Å²) >= 11 is 5.85. The van der Waals surface area contributed by atoms with E-state index >= 15 is 0 Å². The van der Waals surface area contributed by atoms with Crippen LogP contribution < -0.4 is 0 Å². The lowest BCUT2D eigenvalue weighted by molar-refractivity contribution is 1.63. The number of hydrogen-bond donors (Lipinski definition) is 0. The zero-order valence-electron chi connectivity index (χ0n) is 5.84. The summed E-state index contributed by atoms with van der Waals surface area (Å²) in [5.41, 5.74) is 1.08. The van der Waals surface area contributed by atoms with Crippen LogP contribution in [0.1, 0.15) is 12.5 Å². The van der Waals surface area contributed by atoms with Crippen LogP contribution in [0.25, 0.3) is 5.03 Å². The number of benzene rings is 1. The van der Waals surface area contributed by atoms with Gasteiger partial charge in [0.15, 0.2) is 0 Å². The Labute approximate surface area is 66.1 Å². The van der Waals surface area contributed by atoms with Crippen molar-refractivity contribution in [1.29, 1.82) is 0 Å². The van der Waals surface area contributed by atoms with Gasteiger partial charge in [0.25, 0.3) is 0 Å². The smallest absolute Gasteiger partial charge is 0.0435 e. The van der Waals surface area contributed by atoms with Gasteiger partial charge in [0, 0.05) is 5.03 Å². The van der Waals surface area contributed by atoms with Crippen molar-refractivity contribution in [2.45, 2.75) is 6.92 Å². The lowest BCUT2D eigenvalue weighted by Crippen LogP contribution is -1.72. The zero-order chi connectivity index (χ0) is 7.40. The summed E-state index contributed by atoms with van der Waals surface area (Å²) in [6, 6.07) is 9.90.